The lowest BCUT2D eigenvalue weighted by molar-refractivity contribution is -0.00991. The quantitative estimate of drug-likeness (QED) is 0.310. The van der Waals surface area contributed by atoms with Crippen LogP contribution < -0.4 is 4.74 Å². The first-order chi connectivity index (χ1) is 15.9. The zero-order valence-electron chi connectivity index (χ0n) is 20.1. The molecule has 0 unspecified atom stereocenters. The van der Waals surface area contributed by atoms with E-state index in [1.54, 1.807) is 6.92 Å². The average Bonchev–Trinajstić information content (AvgIpc) is 2.80. The van der Waals surface area contributed by atoms with Crippen molar-refractivity contribution in [1.29, 1.82) is 0 Å². The van der Waals surface area contributed by atoms with Crippen molar-refractivity contribution in [3.63, 3.8) is 0 Å². The SMILES string of the molecule is CCCC1CCC(COC2CCC(CC(=O)c3ccc(OCC)c(F)c3C(F)F)CC2)CC1. The van der Waals surface area contributed by atoms with Gasteiger partial charge in [-0.3, -0.25) is 4.79 Å². The molecule has 0 aromatic heterocycles. The van der Waals surface area contributed by atoms with E-state index in [9.17, 15) is 18.0 Å². The molecule has 2 fully saturated rings. The van der Waals surface area contributed by atoms with E-state index in [1.807, 2.05) is 0 Å². The molecule has 0 bridgehead atoms. The molecule has 2 saturated carbocycles. The first-order valence-corrected chi connectivity index (χ1v) is 12.8. The minimum atomic E-state index is -3.06. The van der Waals surface area contributed by atoms with E-state index in [-0.39, 0.29) is 36.4 Å². The van der Waals surface area contributed by atoms with Gasteiger partial charge < -0.3 is 9.47 Å². The number of hydrogen-bond acceptors (Lipinski definition) is 3. The first kappa shape index (κ1) is 26.1. The number of carbonyl (C=O) groups is 1. The van der Waals surface area contributed by atoms with Gasteiger partial charge in [-0.1, -0.05) is 32.6 Å². The maximum absolute atomic E-state index is 14.5. The maximum Gasteiger partial charge on any atom is 0.267 e. The van der Waals surface area contributed by atoms with Gasteiger partial charge in [0.15, 0.2) is 17.3 Å². The Morgan fingerprint density at radius 3 is 2.21 bits per heavy atom. The monoisotopic (exact) mass is 468 g/mol. The van der Waals surface area contributed by atoms with Crippen molar-refractivity contribution in [3.8, 4) is 5.75 Å². The highest BCUT2D eigenvalue weighted by Crippen LogP contribution is 2.36. The van der Waals surface area contributed by atoms with Crippen LogP contribution in [0.3, 0.4) is 0 Å². The molecule has 1 aromatic rings. The van der Waals surface area contributed by atoms with Gasteiger partial charge in [-0.2, -0.15) is 0 Å². The van der Waals surface area contributed by atoms with Gasteiger partial charge >= 0.3 is 0 Å². The topological polar surface area (TPSA) is 35.5 Å². The standard InChI is InChI=1S/C27H39F3O3/c1-3-5-18-6-8-20(9-7-18)17-33-21-12-10-19(11-13-21)16-23(31)22-14-15-24(32-4-2)26(28)25(22)27(29)30/h14-15,18-21,27H,3-13,16-17H2,1-2H3. The molecule has 1 aromatic carbocycles. The zero-order valence-corrected chi connectivity index (χ0v) is 20.1. The second-order valence-corrected chi connectivity index (χ2v) is 9.85. The van der Waals surface area contributed by atoms with Crippen molar-refractivity contribution >= 4 is 5.78 Å². The number of ketones is 1. The van der Waals surface area contributed by atoms with Crippen LogP contribution in [-0.4, -0.2) is 25.1 Å². The van der Waals surface area contributed by atoms with Crippen molar-refractivity contribution in [3.05, 3.63) is 29.1 Å². The first-order valence-electron chi connectivity index (χ1n) is 12.8. The summed E-state index contributed by atoms with van der Waals surface area (Å²) in [4.78, 5) is 12.8. The van der Waals surface area contributed by atoms with E-state index in [4.69, 9.17) is 9.47 Å². The third-order valence-corrected chi connectivity index (χ3v) is 7.46. The van der Waals surface area contributed by atoms with Crippen LogP contribution >= 0.6 is 0 Å². The molecule has 0 N–H and O–H groups in total. The molecule has 186 valence electrons. The van der Waals surface area contributed by atoms with Crippen molar-refractivity contribution in [2.75, 3.05) is 13.2 Å². The van der Waals surface area contributed by atoms with E-state index < -0.39 is 23.6 Å². The Morgan fingerprint density at radius 2 is 1.61 bits per heavy atom. The summed E-state index contributed by atoms with van der Waals surface area (Å²) < 4.78 is 52.8. The Hall–Kier alpha value is -1.56. The van der Waals surface area contributed by atoms with Crippen molar-refractivity contribution < 1.29 is 27.4 Å². The Labute approximate surface area is 196 Å². The molecule has 0 spiro atoms. The highest BCUT2D eigenvalue weighted by Gasteiger charge is 2.29. The van der Waals surface area contributed by atoms with Gasteiger partial charge in [0.05, 0.1) is 18.3 Å². The third kappa shape index (κ3) is 7.21. The molecule has 3 nitrogen and oxygen atoms in total. The summed E-state index contributed by atoms with van der Waals surface area (Å²) in [6.45, 7) is 4.90. The predicted molar refractivity (Wildman–Crippen MR) is 124 cm³/mol. The summed E-state index contributed by atoms with van der Waals surface area (Å²) in [6, 6.07) is 2.56. The Balaban J connectivity index is 1.45. The van der Waals surface area contributed by atoms with Crippen LogP contribution in [0.1, 0.15) is 107 Å². The number of carbonyl (C=O) groups excluding carboxylic acids is 1. The number of rotatable bonds is 11. The molecule has 6 heteroatoms. The average molecular weight is 469 g/mol. The lowest BCUT2D eigenvalue weighted by atomic mass is 9.80. The van der Waals surface area contributed by atoms with Gasteiger partial charge in [-0.25, -0.2) is 13.2 Å². The van der Waals surface area contributed by atoms with Gasteiger partial charge in [0.25, 0.3) is 6.43 Å². The molecule has 0 atom stereocenters. The Kier molecular flexibility index (Phi) is 10.1. The Bertz CT molecular complexity index is 751. The summed E-state index contributed by atoms with van der Waals surface area (Å²) in [7, 11) is 0. The van der Waals surface area contributed by atoms with Gasteiger partial charge in [0, 0.05) is 18.6 Å². The number of ether oxygens (including phenoxy) is 2. The van der Waals surface area contributed by atoms with E-state index in [0.29, 0.717) is 5.92 Å². The van der Waals surface area contributed by atoms with Crippen molar-refractivity contribution in [2.24, 2.45) is 17.8 Å². The number of benzene rings is 1. The fraction of sp³-hybridized carbons (Fsp3) is 0.741. The smallest absolute Gasteiger partial charge is 0.267 e. The van der Waals surface area contributed by atoms with Crippen molar-refractivity contribution in [2.45, 2.75) is 97.0 Å². The second-order valence-electron chi connectivity index (χ2n) is 9.85. The number of hydrogen-bond donors (Lipinski definition) is 0. The lowest BCUT2D eigenvalue weighted by Gasteiger charge is -2.32. The van der Waals surface area contributed by atoms with E-state index >= 15 is 0 Å². The molecular formula is C27H39F3O3. The van der Waals surface area contributed by atoms with Crippen LogP contribution in [0.25, 0.3) is 0 Å². The molecule has 0 heterocycles. The Morgan fingerprint density at radius 1 is 0.970 bits per heavy atom. The molecular weight excluding hydrogens is 429 g/mol. The third-order valence-electron chi connectivity index (χ3n) is 7.46. The summed E-state index contributed by atoms with van der Waals surface area (Å²) >= 11 is 0. The molecule has 2 aliphatic rings. The molecule has 3 rings (SSSR count). The fourth-order valence-electron chi connectivity index (χ4n) is 5.54. The predicted octanol–water partition coefficient (Wildman–Crippen LogP) is 7.92. The van der Waals surface area contributed by atoms with Crippen molar-refractivity contribution in [1.82, 2.24) is 0 Å². The highest BCUT2D eigenvalue weighted by molar-refractivity contribution is 5.98. The second kappa shape index (κ2) is 12.8. The van der Waals surface area contributed by atoms with Gasteiger partial charge in [-0.05, 0) is 75.3 Å². The van der Waals surface area contributed by atoms with Crippen LogP contribution in [0.5, 0.6) is 5.75 Å². The molecule has 0 aliphatic heterocycles. The molecule has 33 heavy (non-hydrogen) atoms. The van der Waals surface area contributed by atoms with E-state index in [1.165, 1.54) is 50.7 Å². The minimum Gasteiger partial charge on any atom is -0.491 e. The molecule has 2 aliphatic carbocycles. The number of halogens is 3. The number of alkyl halides is 2. The van der Waals surface area contributed by atoms with Crippen LogP contribution in [0, 0.1) is 23.6 Å². The largest absolute Gasteiger partial charge is 0.491 e. The zero-order chi connectivity index (χ0) is 23.8. The molecule has 0 saturated heterocycles. The van der Waals surface area contributed by atoms with E-state index in [2.05, 4.69) is 6.92 Å². The summed E-state index contributed by atoms with van der Waals surface area (Å²) in [5.74, 6) is -0.0878. The van der Waals surface area contributed by atoms with E-state index in [0.717, 1.165) is 38.2 Å². The van der Waals surface area contributed by atoms with Gasteiger partial charge in [0.1, 0.15) is 0 Å². The van der Waals surface area contributed by atoms with Gasteiger partial charge in [-0.15, -0.1) is 0 Å². The van der Waals surface area contributed by atoms with Crippen LogP contribution in [0.15, 0.2) is 12.1 Å². The normalized spacial score (nSPS) is 25.9. The fourth-order valence-corrected chi connectivity index (χ4v) is 5.54. The van der Waals surface area contributed by atoms with Gasteiger partial charge in [0.2, 0.25) is 0 Å². The minimum absolute atomic E-state index is 0.127. The number of Topliss-reactive ketones (excluding diaryl/α,β-unsaturated/α-hetero) is 1. The van der Waals surface area contributed by atoms with Crippen LogP contribution in [-0.2, 0) is 4.74 Å². The summed E-state index contributed by atoms with van der Waals surface area (Å²) in [5.41, 5.74) is -1.06. The highest BCUT2D eigenvalue weighted by atomic mass is 19.3. The summed E-state index contributed by atoms with van der Waals surface area (Å²) in [5, 5.41) is 0. The summed E-state index contributed by atoms with van der Waals surface area (Å²) in [6.07, 6.45) is 8.58. The lowest BCUT2D eigenvalue weighted by Crippen LogP contribution is -2.27. The molecule has 0 amide bonds. The maximum atomic E-state index is 14.5. The van der Waals surface area contributed by atoms with Crippen LogP contribution in [0.4, 0.5) is 13.2 Å². The molecule has 0 radical (unpaired) electrons. The van der Waals surface area contributed by atoms with Crippen LogP contribution in [0.2, 0.25) is 0 Å².